The summed E-state index contributed by atoms with van der Waals surface area (Å²) in [5, 5.41) is 4.60. The van der Waals surface area contributed by atoms with E-state index in [-0.39, 0.29) is 5.91 Å². The topological polar surface area (TPSA) is 81.2 Å². The smallest absolute Gasteiger partial charge is 0.341 e. The largest absolute Gasteiger partial charge is 0.465 e. The van der Waals surface area contributed by atoms with Gasteiger partial charge in [0.1, 0.15) is 5.00 Å². The van der Waals surface area contributed by atoms with Crippen molar-refractivity contribution in [2.45, 2.75) is 20.8 Å². The van der Waals surface area contributed by atoms with E-state index in [4.69, 9.17) is 21.3 Å². The van der Waals surface area contributed by atoms with E-state index in [2.05, 4.69) is 10.3 Å². The molecule has 0 aliphatic carbocycles. The number of fused-ring (bicyclic) bond motifs is 1. The van der Waals surface area contributed by atoms with Gasteiger partial charge in [0, 0.05) is 33.2 Å². The molecule has 0 aliphatic rings. The molecule has 0 unspecified atom stereocenters. The number of pyridine rings is 2. The number of halogens is 1. The van der Waals surface area contributed by atoms with E-state index in [9.17, 15) is 9.59 Å². The van der Waals surface area contributed by atoms with Gasteiger partial charge < -0.3 is 10.1 Å². The molecule has 1 aromatic carbocycles. The van der Waals surface area contributed by atoms with Crippen molar-refractivity contribution in [2.75, 3.05) is 12.4 Å². The SMILES string of the molecule is COC(=O)c1c(NC(=O)c2cc(-c3cccnc3)nc3c(C)c(Cl)ccc23)sc(C)c1C. The standard InChI is InChI=1S/C24H20ClN3O3S/c1-12-14(3)32-23(20(12)24(30)31-4)28-22(29)17-10-19(15-6-5-9-26-11-15)27-21-13(2)18(25)8-7-16(17)21/h5-11H,1-4H3,(H,28,29). The van der Waals surface area contributed by atoms with Crippen LogP contribution >= 0.6 is 22.9 Å². The van der Waals surface area contributed by atoms with Gasteiger partial charge in [-0.1, -0.05) is 17.7 Å². The Morgan fingerprint density at radius 2 is 1.91 bits per heavy atom. The van der Waals surface area contributed by atoms with Crippen LogP contribution in [0, 0.1) is 20.8 Å². The number of hydrogen-bond acceptors (Lipinski definition) is 6. The van der Waals surface area contributed by atoms with E-state index in [0.717, 1.165) is 21.6 Å². The van der Waals surface area contributed by atoms with Crippen LogP contribution in [0.25, 0.3) is 22.2 Å². The number of hydrogen-bond donors (Lipinski definition) is 1. The van der Waals surface area contributed by atoms with Crippen LogP contribution in [-0.2, 0) is 4.74 Å². The predicted octanol–water partition coefficient (Wildman–Crippen LogP) is 5.98. The molecule has 0 fully saturated rings. The summed E-state index contributed by atoms with van der Waals surface area (Å²) in [5.41, 5.74) is 4.38. The molecule has 3 aromatic heterocycles. The van der Waals surface area contributed by atoms with Gasteiger partial charge in [0.25, 0.3) is 5.91 Å². The highest BCUT2D eigenvalue weighted by atomic mass is 35.5. The number of carbonyl (C=O) groups is 2. The van der Waals surface area contributed by atoms with Crippen molar-refractivity contribution in [3.8, 4) is 11.3 Å². The zero-order valence-electron chi connectivity index (χ0n) is 17.9. The second kappa shape index (κ2) is 8.68. The van der Waals surface area contributed by atoms with Crippen molar-refractivity contribution in [2.24, 2.45) is 0 Å². The Labute approximate surface area is 194 Å². The van der Waals surface area contributed by atoms with Crippen molar-refractivity contribution in [1.29, 1.82) is 0 Å². The van der Waals surface area contributed by atoms with E-state index >= 15 is 0 Å². The molecule has 8 heteroatoms. The molecule has 0 radical (unpaired) electrons. The summed E-state index contributed by atoms with van der Waals surface area (Å²) in [4.78, 5) is 35.6. The second-order valence-electron chi connectivity index (χ2n) is 7.30. The molecule has 0 spiro atoms. The second-order valence-corrected chi connectivity index (χ2v) is 8.93. The van der Waals surface area contributed by atoms with Crippen molar-refractivity contribution >= 4 is 50.7 Å². The number of nitrogens with zero attached hydrogens (tertiary/aromatic N) is 2. The number of ether oxygens (including phenoxy) is 1. The summed E-state index contributed by atoms with van der Waals surface area (Å²) >= 11 is 7.68. The van der Waals surface area contributed by atoms with Crippen LogP contribution in [0.1, 0.15) is 36.7 Å². The fourth-order valence-electron chi connectivity index (χ4n) is 3.49. The fraction of sp³-hybridized carbons (Fsp3) is 0.167. The minimum atomic E-state index is -0.486. The number of carbonyl (C=O) groups excluding carboxylic acids is 2. The van der Waals surface area contributed by atoms with Gasteiger partial charge >= 0.3 is 5.97 Å². The molecule has 0 saturated heterocycles. The van der Waals surface area contributed by atoms with Crippen LogP contribution in [0.4, 0.5) is 5.00 Å². The first-order valence-corrected chi connectivity index (χ1v) is 11.0. The lowest BCUT2D eigenvalue weighted by molar-refractivity contribution is 0.0601. The molecule has 0 atom stereocenters. The van der Waals surface area contributed by atoms with Gasteiger partial charge in [-0.05, 0) is 56.2 Å². The van der Waals surface area contributed by atoms with Gasteiger partial charge in [-0.25, -0.2) is 9.78 Å². The third-order valence-corrected chi connectivity index (χ3v) is 6.90. The Bertz CT molecular complexity index is 1370. The third kappa shape index (κ3) is 3.85. The van der Waals surface area contributed by atoms with Gasteiger partial charge in [0.05, 0.1) is 29.4 Å². The highest BCUT2D eigenvalue weighted by Crippen LogP contribution is 2.35. The molecule has 1 N–H and O–H groups in total. The quantitative estimate of drug-likeness (QED) is 0.375. The number of nitrogens with one attached hydrogen (secondary N) is 1. The number of aryl methyl sites for hydroxylation is 2. The van der Waals surface area contributed by atoms with Gasteiger partial charge in [0.15, 0.2) is 0 Å². The molecule has 1 amide bonds. The van der Waals surface area contributed by atoms with Crippen LogP contribution in [0.5, 0.6) is 0 Å². The van der Waals surface area contributed by atoms with Crippen LogP contribution < -0.4 is 5.32 Å². The number of esters is 1. The first-order valence-electron chi connectivity index (χ1n) is 9.81. The molecule has 32 heavy (non-hydrogen) atoms. The van der Waals surface area contributed by atoms with E-state index in [1.54, 1.807) is 30.6 Å². The van der Waals surface area contributed by atoms with Crippen molar-refractivity contribution in [3.63, 3.8) is 0 Å². The molecule has 162 valence electrons. The summed E-state index contributed by atoms with van der Waals surface area (Å²) in [6, 6.07) is 8.95. The number of methoxy groups -OCH3 is 1. The number of thiophene rings is 1. The maximum absolute atomic E-state index is 13.5. The van der Waals surface area contributed by atoms with Gasteiger partial charge in [-0.2, -0.15) is 0 Å². The number of amides is 1. The van der Waals surface area contributed by atoms with Gasteiger partial charge in [0.2, 0.25) is 0 Å². The first-order chi connectivity index (χ1) is 15.3. The molecule has 4 rings (SSSR count). The highest BCUT2D eigenvalue weighted by molar-refractivity contribution is 7.16. The van der Waals surface area contributed by atoms with E-state index in [1.807, 2.05) is 32.9 Å². The van der Waals surface area contributed by atoms with Gasteiger partial charge in [-0.3, -0.25) is 9.78 Å². The normalized spacial score (nSPS) is 10.9. The lowest BCUT2D eigenvalue weighted by Crippen LogP contribution is -2.15. The minimum Gasteiger partial charge on any atom is -0.465 e. The number of benzene rings is 1. The third-order valence-electron chi connectivity index (χ3n) is 5.37. The molecular formula is C24H20ClN3O3S. The summed E-state index contributed by atoms with van der Waals surface area (Å²) < 4.78 is 4.92. The zero-order chi connectivity index (χ0) is 23.0. The highest BCUT2D eigenvalue weighted by Gasteiger charge is 2.23. The monoisotopic (exact) mass is 465 g/mol. The number of aromatic nitrogens is 2. The minimum absolute atomic E-state index is 0.351. The van der Waals surface area contributed by atoms with E-state index in [1.165, 1.54) is 18.4 Å². The Morgan fingerprint density at radius 3 is 2.59 bits per heavy atom. The summed E-state index contributed by atoms with van der Waals surface area (Å²) in [6.07, 6.45) is 3.37. The Balaban J connectivity index is 1.87. The molecule has 3 heterocycles. The van der Waals surface area contributed by atoms with Gasteiger partial charge in [-0.15, -0.1) is 11.3 Å². The van der Waals surface area contributed by atoms with Crippen LogP contribution in [-0.4, -0.2) is 29.0 Å². The Morgan fingerprint density at radius 1 is 1.12 bits per heavy atom. The molecule has 4 aromatic rings. The summed E-state index contributed by atoms with van der Waals surface area (Å²) in [7, 11) is 1.32. The molecule has 0 aliphatic heterocycles. The number of rotatable bonds is 4. The molecular weight excluding hydrogens is 446 g/mol. The van der Waals surface area contributed by atoms with E-state index in [0.29, 0.717) is 37.7 Å². The fourth-order valence-corrected chi connectivity index (χ4v) is 4.68. The maximum atomic E-state index is 13.5. The predicted molar refractivity (Wildman–Crippen MR) is 128 cm³/mol. The van der Waals surface area contributed by atoms with Crippen molar-refractivity contribution in [1.82, 2.24) is 9.97 Å². The summed E-state index contributed by atoms with van der Waals surface area (Å²) in [6.45, 7) is 5.60. The average molecular weight is 466 g/mol. The Kier molecular flexibility index (Phi) is 5.95. The first kappa shape index (κ1) is 21.9. The lowest BCUT2D eigenvalue weighted by atomic mass is 10.0. The van der Waals surface area contributed by atoms with Crippen LogP contribution in [0.3, 0.4) is 0 Å². The average Bonchev–Trinajstić information content (AvgIpc) is 3.08. The van der Waals surface area contributed by atoms with Crippen LogP contribution in [0.2, 0.25) is 5.02 Å². The molecule has 6 nitrogen and oxygen atoms in total. The van der Waals surface area contributed by atoms with E-state index < -0.39 is 5.97 Å². The molecule has 0 saturated carbocycles. The summed E-state index contributed by atoms with van der Waals surface area (Å²) in [5.74, 6) is -0.837. The lowest BCUT2D eigenvalue weighted by Gasteiger charge is -2.13. The van der Waals surface area contributed by atoms with Crippen molar-refractivity contribution < 1.29 is 14.3 Å². The van der Waals surface area contributed by atoms with Crippen LogP contribution in [0.15, 0.2) is 42.7 Å². The number of anilines is 1. The van der Waals surface area contributed by atoms with Crippen molar-refractivity contribution in [3.05, 3.63) is 74.9 Å². The Hall–Kier alpha value is -3.29. The molecule has 0 bridgehead atoms. The maximum Gasteiger partial charge on any atom is 0.341 e. The zero-order valence-corrected chi connectivity index (χ0v) is 19.5.